The molecule has 0 aromatic heterocycles. The van der Waals surface area contributed by atoms with Crippen molar-refractivity contribution < 1.29 is 4.74 Å². The second-order valence-electron chi connectivity index (χ2n) is 3.50. The van der Waals surface area contributed by atoms with Gasteiger partial charge in [0.15, 0.2) is 0 Å². The molecule has 0 spiro atoms. The lowest BCUT2D eigenvalue weighted by atomic mass is 9.85. The predicted molar refractivity (Wildman–Crippen MR) is 45.3 cm³/mol. The van der Waals surface area contributed by atoms with Crippen LogP contribution in [0.5, 0.6) is 0 Å². The molecule has 1 fully saturated rings. The topological polar surface area (TPSA) is 9.23 Å². The Hall–Kier alpha value is -0.560. The summed E-state index contributed by atoms with van der Waals surface area (Å²) in [6.07, 6.45) is 4.58. The Morgan fingerprint density at radius 3 is 3.09 bits per heavy atom. The zero-order chi connectivity index (χ0) is 7.84. The number of hydrogen-bond donors (Lipinski definition) is 0. The molecule has 11 heavy (non-hydrogen) atoms. The van der Waals surface area contributed by atoms with Crippen LogP contribution in [-0.4, -0.2) is 13.2 Å². The van der Waals surface area contributed by atoms with Crippen LogP contribution in [0.15, 0.2) is 23.3 Å². The van der Waals surface area contributed by atoms with Crippen molar-refractivity contribution in [3.8, 4) is 0 Å². The van der Waals surface area contributed by atoms with Gasteiger partial charge in [0.1, 0.15) is 0 Å². The lowest BCUT2D eigenvalue weighted by molar-refractivity contribution is 0.195. The smallest absolute Gasteiger partial charge is 0.0686 e. The predicted octanol–water partition coefficient (Wildman–Crippen LogP) is 2.16. The molecule has 1 heteroatoms. The van der Waals surface area contributed by atoms with E-state index in [1.165, 1.54) is 11.1 Å². The number of fused-ring (bicyclic) bond motifs is 1. The van der Waals surface area contributed by atoms with Crippen molar-refractivity contribution in [1.82, 2.24) is 0 Å². The highest BCUT2D eigenvalue weighted by Gasteiger charge is 2.25. The van der Waals surface area contributed by atoms with Crippen molar-refractivity contribution >= 4 is 0 Å². The van der Waals surface area contributed by atoms with E-state index in [4.69, 9.17) is 4.74 Å². The zero-order valence-corrected chi connectivity index (χ0v) is 7.13. The lowest BCUT2D eigenvalue weighted by Crippen LogP contribution is -2.09. The van der Waals surface area contributed by atoms with E-state index in [9.17, 15) is 0 Å². The van der Waals surface area contributed by atoms with E-state index >= 15 is 0 Å². The summed E-state index contributed by atoms with van der Waals surface area (Å²) in [5.41, 5.74) is 3.05. The quantitative estimate of drug-likeness (QED) is 0.481. The van der Waals surface area contributed by atoms with E-state index in [0.717, 1.165) is 13.2 Å². The molecule has 1 saturated heterocycles. The van der Waals surface area contributed by atoms with E-state index in [-0.39, 0.29) is 0 Å². The molecule has 2 atom stereocenters. The fourth-order valence-corrected chi connectivity index (χ4v) is 1.82. The Morgan fingerprint density at radius 1 is 1.45 bits per heavy atom. The minimum Gasteiger partial charge on any atom is -0.376 e. The van der Waals surface area contributed by atoms with Gasteiger partial charge in [-0.2, -0.15) is 0 Å². The van der Waals surface area contributed by atoms with Gasteiger partial charge in [0.25, 0.3) is 0 Å². The van der Waals surface area contributed by atoms with E-state index in [1.807, 2.05) is 0 Å². The van der Waals surface area contributed by atoms with Gasteiger partial charge in [-0.3, -0.25) is 0 Å². The highest BCUT2D eigenvalue weighted by atomic mass is 16.5. The van der Waals surface area contributed by atoms with Crippen LogP contribution in [0.25, 0.3) is 0 Å². The summed E-state index contributed by atoms with van der Waals surface area (Å²) in [5, 5.41) is 0. The highest BCUT2D eigenvalue weighted by Crippen LogP contribution is 2.32. The Bertz CT molecular complexity index is 225. The maximum atomic E-state index is 5.40. The second-order valence-corrected chi connectivity index (χ2v) is 3.50. The normalized spacial score (nSPS) is 36.2. The van der Waals surface area contributed by atoms with E-state index < -0.39 is 0 Å². The maximum absolute atomic E-state index is 5.40. The van der Waals surface area contributed by atoms with Crippen LogP contribution < -0.4 is 0 Å². The molecule has 60 valence electrons. The van der Waals surface area contributed by atoms with Crippen LogP contribution >= 0.6 is 0 Å². The summed E-state index contributed by atoms with van der Waals surface area (Å²) < 4.78 is 5.40. The molecule has 0 bridgehead atoms. The third-order valence-corrected chi connectivity index (χ3v) is 2.82. The third kappa shape index (κ3) is 1.04. The van der Waals surface area contributed by atoms with Crippen molar-refractivity contribution in [2.45, 2.75) is 13.8 Å². The average Bonchev–Trinajstić information content (AvgIpc) is 2.45. The molecule has 2 aliphatic rings. The van der Waals surface area contributed by atoms with Gasteiger partial charge in [0.05, 0.1) is 13.2 Å². The third-order valence-electron chi connectivity index (χ3n) is 2.82. The summed E-state index contributed by atoms with van der Waals surface area (Å²) in [4.78, 5) is 0. The van der Waals surface area contributed by atoms with Gasteiger partial charge < -0.3 is 4.74 Å². The summed E-state index contributed by atoms with van der Waals surface area (Å²) in [6, 6.07) is 0. The fraction of sp³-hybridized carbons (Fsp3) is 0.600. The molecule has 1 aliphatic heterocycles. The molecule has 0 aromatic carbocycles. The average molecular weight is 150 g/mol. The van der Waals surface area contributed by atoms with Gasteiger partial charge >= 0.3 is 0 Å². The van der Waals surface area contributed by atoms with Gasteiger partial charge in [-0.15, -0.1) is 0 Å². The van der Waals surface area contributed by atoms with Gasteiger partial charge in [-0.05, 0) is 18.4 Å². The minimum absolute atomic E-state index is 0.603. The molecule has 0 unspecified atom stereocenters. The molecule has 1 heterocycles. The van der Waals surface area contributed by atoms with E-state index in [1.54, 1.807) is 0 Å². The van der Waals surface area contributed by atoms with Crippen LogP contribution in [0, 0.1) is 11.8 Å². The summed E-state index contributed by atoms with van der Waals surface area (Å²) >= 11 is 0. The van der Waals surface area contributed by atoms with E-state index in [2.05, 4.69) is 26.0 Å². The first-order valence-corrected chi connectivity index (χ1v) is 4.24. The first kappa shape index (κ1) is 7.11. The zero-order valence-electron chi connectivity index (χ0n) is 7.13. The monoisotopic (exact) mass is 150 g/mol. The van der Waals surface area contributed by atoms with Gasteiger partial charge in [-0.1, -0.05) is 24.6 Å². The minimum atomic E-state index is 0.603. The Morgan fingerprint density at radius 2 is 2.27 bits per heavy atom. The number of ether oxygens (including phenoxy) is 1. The number of allylic oxidation sites excluding steroid dienone is 2. The highest BCUT2D eigenvalue weighted by molar-refractivity contribution is 5.31. The van der Waals surface area contributed by atoms with Crippen LogP contribution in [0.4, 0.5) is 0 Å². The van der Waals surface area contributed by atoms with Gasteiger partial charge in [-0.25, -0.2) is 0 Å². The second kappa shape index (κ2) is 2.49. The van der Waals surface area contributed by atoms with Crippen LogP contribution in [-0.2, 0) is 4.74 Å². The molecule has 2 rings (SSSR count). The summed E-state index contributed by atoms with van der Waals surface area (Å²) in [6.45, 7) is 6.24. The molecule has 1 nitrogen and oxygen atoms in total. The van der Waals surface area contributed by atoms with Crippen LogP contribution in [0.2, 0.25) is 0 Å². The Balaban J connectivity index is 2.33. The van der Waals surface area contributed by atoms with Crippen molar-refractivity contribution in [2.75, 3.05) is 13.2 Å². The molecular weight excluding hydrogens is 136 g/mol. The molecule has 1 aliphatic carbocycles. The first-order chi connectivity index (χ1) is 5.29. The van der Waals surface area contributed by atoms with Gasteiger partial charge in [0.2, 0.25) is 0 Å². The lowest BCUT2D eigenvalue weighted by Gasteiger charge is -2.19. The largest absolute Gasteiger partial charge is 0.376 e. The molecule has 0 aromatic rings. The number of rotatable bonds is 0. The molecule has 0 saturated carbocycles. The van der Waals surface area contributed by atoms with Crippen molar-refractivity contribution in [3.63, 3.8) is 0 Å². The molecule has 0 radical (unpaired) electrons. The summed E-state index contributed by atoms with van der Waals surface area (Å²) in [7, 11) is 0. The summed E-state index contributed by atoms with van der Waals surface area (Å²) in [5.74, 6) is 1.23. The van der Waals surface area contributed by atoms with Crippen LogP contribution in [0.1, 0.15) is 13.8 Å². The standard InChI is InChI=1S/C10H14O/c1-7-3-4-9-5-11-6-10(9)8(7)2/h3-4,7,9H,5-6H2,1-2H3/t7-,9-/m1/s1. The SMILES string of the molecule is CC1=C2COC[C@H]2C=C[C@H]1C. The van der Waals surface area contributed by atoms with Crippen LogP contribution in [0.3, 0.4) is 0 Å². The van der Waals surface area contributed by atoms with E-state index in [0.29, 0.717) is 11.8 Å². The Kier molecular flexibility index (Phi) is 1.61. The van der Waals surface area contributed by atoms with Crippen molar-refractivity contribution in [3.05, 3.63) is 23.3 Å². The van der Waals surface area contributed by atoms with Crippen molar-refractivity contribution in [2.24, 2.45) is 11.8 Å². The molecule has 0 amide bonds. The van der Waals surface area contributed by atoms with Crippen molar-refractivity contribution in [1.29, 1.82) is 0 Å². The first-order valence-electron chi connectivity index (χ1n) is 4.24. The van der Waals surface area contributed by atoms with Gasteiger partial charge in [0, 0.05) is 5.92 Å². The fourth-order valence-electron chi connectivity index (χ4n) is 1.82. The molecule has 0 N–H and O–H groups in total. The Labute approximate surface area is 67.7 Å². The maximum Gasteiger partial charge on any atom is 0.0686 e. The number of hydrogen-bond acceptors (Lipinski definition) is 1. The molecular formula is C10H14O.